The Morgan fingerprint density at radius 2 is 2.10 bits per heavy atom. The van der Waals surface area contributed by atoms with Crippen molar-refractivity contribution in [2.45, 2.75) is 18.0 Å². The molecule has 1 atom stereocenters. The van der Waals surface area contributed by atoms with Gasteiger partial charge in [0.1, 0.15) is 5.56 Å². The number of aliphatic carboxylic acids is 1. The van der Waals surface area contributed by atoms with E-state index in [0.29, 0.717) is 6.07 Å². The standard InChI is InChI=1S/C11H10F3NO4S/c1-6(10(16)17)5-20-7-2-3-9(15(18)19)8(4-7)11(12,13)14/h2-4,6H,5H2,1H3,(H,16,17). The number of hydrogen-bond donors (Lipinski definition) is 1. The summed E-state index contributed by atoms with van der Waals surface area (Å²) in [6, 6.07) is 2.61. The van der Waals surface area contributed by atoms with Crippen molar-refractivity contribution in [2.75, 3.05) is 5.75 Å². The second kappa shape index (κ2) is 6.12. The van der Waals surface area contributed by atoms with Gasteiger partial charge < -0.3 is 5.11 Å². The molecule has 110 valence electrons. The zero-order valence-electron chi connectivity index (χ0n) is 10.2. The molecule has 1 aromatic rings. The summed E-state index contributed by atoms with van der Waals surface area (Å²) in [5.41, 5.74) is -2.36. The van der Waals surface area contributed by atoms with Crippen molar-refractivity contribution >= 4 is 23.4 Å². The van der Waals surface area contributed by atoms with Gasteiger partial charge in [-0.1, -0.05) is 6.92 Å². The van der Waals surface area contributed by atoms with Crippen molar-refractivity contribution in [3.05, 3.63) is 33.9 Å². The molecule has 0 aromatic heterocycles. The summed E-state index contributed by atoms with van der Waals surface area (Å²) < 4.78 is 38.1. The molecular weight excluding hydrogens is 299 g/mol. The smallest absolute Gasteiger partial charge is 0.423 e. The van der Waals surface area contributed by atoms with Crippen LogP contribution >= 0.6 is 11.8 Å². The molecule has 20 heavy (non-hydrogen) atoms. The molecule has 1 rings (SSSR count). The van der Waals surface area contributed by atoms with E-state index in [4.69, 9.17) is 5.11 Å². The monoisotopic (exact) mass is 309 g/mol. The van der Waals surface area contributed by atoms with Crippen LogP contribution in [0.25, 0.3) is 0 Å². The van der Waals surface area contributed by atoms with Gasteiger partial charge in [0.15, 0.2) is 0 Å². The van der Waals surface area contributed by atoms with Crippen LogP contribution in [0, 0.1) is 16.0 Å². The second-order valence-corrected chi connectivity index (χ2v) is 5.08. The third-order valence-electron chi connectivity index (χ3n) is 2.39. The Balaban J connectivity index is 3.02. The molecule has 1 unspecified atom stereocenters. The van der Waals surface area contributed by atoms with Crippen LogP contribution in [0.5, 0.6) is 0 Å². The summed E-state index contributed by atoms with van der Waals surface area (Å²) in [5, 5.41) is 19.2. The quantitative estimate of drug-likeness (QED) is 0.512. The van der Waals surface area contributed by atoms with Gasteiger partial charge in [-0.3, -0.25) is 14.9 Å². The molecule has 0 bridgehead atoms. The van der Waals surface area contributed by atoms with Gasteiger partial charge in [-0.05, 0) is 12.1 Å². The van der Waals surface area contributed by atoms with E-state index in [1.807, 2.05) is 0 Å². The van der Waals surface area contributed by atoms with E-state index in [9.17, 15) is 28.1 Å². The fourth-order valence-corrected chi connectivity index (χ4v) is 2.23. The summed E-state index contributed by atoms with van der Waals surface area (Å²) in [6.45, 7) is 1.42. The van der Waals surface area contributed by atoms with Gasteiger partial charge in [-0.25, -0.2) is 0 Å². The summed E-state index contributed by atoms with van der Waals surface area (Å²) in [6.07, 6.45) is -4.84. The maximum Gasteiger partial charge on any atom is 0.423 e. The minimum absolute atomic E-state index is 0.0739. The zero-order chi connectivity index (χ0) is 15.5. The van der Waals surface area contributed by atoms with Crippen molar-refractivity contribution in [3.8, 4) is 0 Å². The fraction of sp³-hybridized carbons (Fsp3) is 0.364. The first-order chi connectivity index (χ1) is 9.12. The molecule has 0 fully saturated rings. The lowest BCUT2D eigenvalue weighted by molar-refractivity contribution is -0.388. The Kier molecular flexibility index (Phi) is 4.98. The average Bonchev–Trinajstić information content (AvgIpc) is 2.34. The molecule has 0 radical (unpaired) electrons. The number of nitro benzene ring substituents is 1. The highest BCUT2D eigenvalue weighted by Gasteiger charge is 2.38. The molecular formula is C11H10F3NO4S. The number of nitrogens with zero attached hydrogens (tertiary/aromatic N) is 1. The molecule has 5 nitrogen and oxygen atoms in total. The van der Waals surface area contributed by atoms with Crippen molar-refractivity contribution in [1.29, 1.82) is 0 Å². The molecule has 0 aliphatic carbocycles. The largest absolute Gasteiger partial charge is 0.481 e. The maximum atomic E-state index is 12.7. The van der Waals surface area contributed by atoms with Gasteiger partial charge in [0.05, 0.1) is 10.8 Å². The highest BCUT2D eigenvalue weighted by molar-refractivity contribution is 7.99. The maximum absolute atomic E-state index is 12.7. The van der Waals surface area contributed by atoms with Crippen LogP contribution in [0.3, 0.4) is 0 Å². The second-order valence-electron chi connectivity index (χ2n) is 3.98. The van der Waals surface area contributed by atoms with E-state index >= 15 is 0 Å². The number of carbonyl (C=O) groups is 1. The van der Waals surface area contributed by atoms with Crippen molar-refractivity contribution < 1.29 is 28.0 Å². The van der Waals surface area contributed by atoms with Gasteiger partial charge >= 0.3 is 12.1 Å². The van der Waals surface area contributed by atoms with Crippen LogP contribution in [0.1, 0.15) is 12.5 Å². The summed E-state index contributed by atoms with van der Waals surface area (Å²) in [5.74, 6) is -1.72. The number of nitro groups is 1. The lowest BCUT2D eigenvalue weighted by Gasteiger charge is -2.10. The average molecular weight is 309 g/mol. The lowest BCUT2D eigenvalue weighted by Crippen LogP contribution is -2.12. The fourth-order valence-electron chi connectivity index (χ4n) is 1.28. The number of benzene rings is 1. The first kappa shape index (κ1) is 16.3. The minimum atomic E-state index is -4.84. The van der Waals surface area contributed by atoms with Gasteiger partial charge in [-0.15, -0.1) is 11.8 Å². The normalized spacial score (nSPS) is 13.0. The lowest BCUT2D eigenvalue weighted by atomic mass is 10.2. The van der Waals surface area contributed by atoms with Crippen LogP contribution < -0.4 is 0 Å². The van der Waals surface area contributed by atoms with Crippen molar-refractivity contribution in [2.24, 2.45) is 5.92 Å². The summed E-state index contributed by atoms with van der Waals surface area (Å²) in [7, 11) is 0. The van der Waals surface area contributed by atoms with Crippen LogP contribution in [-0.4, -0.2) is 21.8 Å². The Morgan fingerprint density at radius 3 is 2.55 bits per heavy atom. The van der Waals surface area contributed by atoms with Crippen LogP contribution in [0.15, 0.2) is 23.1 Å². The van der Waals surface area contributed by atoms with E-state index in [1.165, 1.54) is 13.0 Å². The van der Waals surface area contributed by atoms with E-state index in [-0.39, 0.29) is 10.6 Å². The van der Waals surface area contributed by atoms with Gasteiger partial charge in [-0.2, -0.15) is 13.2 Å². The van der Waals surface area contributed by atoms with Crippen molar-refractivity contribution in [3.63, 3.8) is 0 Å². The number of rotatable bonds is 5. The predicted molar refractivity (Wildman–Crippen MR) is 65.6 cm³/mol. The van der Waals surface area contributed by atoms with E-state index in [2.05, 4.69) is 0 Å². The first-order valence-corrected chi connectivity index (χ1v) is 6.32. The Hall–Kier alpha value is -1.77. The third kappa shape index (κ3) is 4.12. The van der Waals surface area contributed by atoms with E-state index in [1.54, 1.807) is 0 Å². The van der Waals surface area contributed by atoms with Crippen LogP contribution in [0.2, 0.25) is 0 Å². The Morgan fingerprint density at radius 1 is 1.50 bits per heavy atom. The molecule has 0 saturated carbocycles. The number of hydrogen-bond acceptors (Lipinski definition) is 4. The minimum Gasteiger partial charge on any atom is -0.481 e. The molecule has 0 amide bonds. The summed E-state index contributed by atoms with van der Waals surface area (Å²) >= 11 is 0.904. The van der Waals surface area contributed by atoms with E-state index in [0.717, 1.165) is 17.8 Å². The Bertz CT molecular complexity index is 533. The first-order valence-electron chi connectivity index (χ1n) is 5.34. The number of thioether (sulfide) groups is 1. The zero-order valence-corrected chi connectivity index (χ0v) is 11.0. The molecule has 9 heteroatoms. The van der Waals surface area contributed by atoms with Gasteiger partial charge in [0, 0.05) is 16.7 Å². The number of halogens is 3. The molecule has 0 spiro atoms. The van der Waals surface area contributed by atoms with Gasteiger partial charge in [0.25, 0.3) is 5.69 Å². The molecule has 1 aromatic carbocycles. The van der Waals surface area contributed by atoms with Crippen LogP contribution in [-0.2, 0) is 11.0 Å². The number of alkyl halides is 3. The molecule has 1 N–H and O–H groups in total. The number of carboxylic acid groups (broad SMARTS) is 1. The molecule has 0 aliphatic rings. The van der Waals surface area contributed by atoms with Gasteiger partial charge in [0.2, 0.25) is 0 Å². The van der Waals surface area contributed by atoms with E-state index < -0.39 is 34.2 Å². The topological polar surface area (TPSA) is 80.4 Å². The third-order valence-corrected chi connectivity index (χ3v) is 3.65. The molecule has 0 heterocycles. The molecule has 0 saturated heterocycles. The Labute approximate surface area is 115 Å². The number of carboxylic acids is 1. The highest BCUT2D eigenvalue weighted by atomic mass is 32.2. The highest BCUT2D eigenvalue weighted by Crippen LogP contribution is 2.38. The van der Waals surface area contributed by atoms with Crippen molar-refractivity contribution in [1.82, 2.24) is 0 Å². The predicted octanol–water partition coefficient (Wildman–Crippen LogP) is 3.43. The molecule has 0 aliphatic heterocycles. The SMILES string of the molecule is CC(CSc1ccc([N+](=O)[O-])c(C(F)(F)F)c1)C(=O)O. The van der Waals surface area contributed by atoms with Crippen LogP contribution in [0.4, 0.5) is 18.9 Å². The summed E-state index contributed by atoms with van der Waals surface area (Å²) in [4.78, 5) is 20.2.